The van der Waals surface area contributed by atoms with Gasteiger partial charge in [0.05, 0.1) is 12.2 Å². The zero-order chi connectivity index (χ0) is 20.1. The highest BCUT2D eigenvalue weighted by Gasteiger charge is 2.51. The third-order valence-corrected chi connectivity index (χ3v) is 7.84. The summed E-state index contributed by atoms with van der Waals surface area (Å²) in [7, 11) is -1.40. The molecule has 0 saturated heterocycles. The fourth-order valence-electron chi connectivity index (χ4n) is 6.34. The summed E-state index contributed by atoms with van der Waals surface area (Å²) in [6.07, 6.45) is 7.24. The van der Waals surface area contributed by atoms with Crippen LogP contribution in [0.15, 0.2) is 23.0 Å². The van der Waals surface area contributed by atoms with Gasteiger partial charge in [-0.3, -0.25) is 4.79 Å². The number of likely N-dealkylation sites (N-methyl/N-ethyl adjacent to an activating group) is 1. The maximum absolute atomic E-state index is 15.0. The summed E-state index contributed by atoms with van der Waals surface area (Å²) >= 11 is 0. The maximum atomic E-state index is 15.0. The van der Waals surface area contributed by atoms with Crippen molar-refractivity contribution >= 4 is 21.1 Å². The molecular formula is C21H28FNO4S. The van der Waals surface area contributed by atoms with Gasteiger partial charge in [-0.2, -0.15) is 8.42 Å². The summed E-state index contributed by atoms with van der Waals surface area (Å²) in [5.41, 5.74) is 0.476. The lowest BCUT2D eigenvalue weighted by Gasteiger charge is -2.56. The Balaban J connectivity index is 1.65. The van der Waals surface area contributed by atoms with Crippen LogP contribution in [-0.4, -0.2) is 39.0 Å². The van der Waals surface area contributed by atoms with E-state index in [1.54, 1.807) is 0 Å². The first-order chi connectivity index (χ1) is 13.4. The number of halogens is 1. The molecule has 5 rings (SSSR count). The third kappa shape index (κ3) is 3.31. The normalized spacial score (nSPS) is 36.4. The lowest BCUT2D eigenvalue weighted by atomic mass is 9.50. The number of carbonyl (C=O) groups excluding carboxylic acids is 1. The van der Waals surface area contributed by atoms with E-state index < -0.39 is 27.2 Å². The van der Waals surface area contributed by atoms with Gasteiger partial charge in [-0.25, -0.2) is 4.39 Å². The predicted molar refractivity (Wildman–Crippen MR) is 105 cm³/mol. The molecule has 0 aliphatic heterocycles. The highest BCUT2D eigenvalue weighted by Crippen LogP contribution is 2.60. The van der Waals surface area contributed by atoms with E-state index in [1.807, 2.05) is 6.92 Å². The van der Waals surface area contributed by atoms with E-state index in [0.29, 0.717) is 18.6 Å². The number of amides is 1. The van der Waals surface area contributed by atoms with E-state index in [2.05, 4.69) is 5.32 Å². The Labute approximate surface area is 166 Å². The van der Waals surface area contributed by atoms with Crippen LogP contribution in [0.25, 0.3) is 0 Å². The highest BCUT2D eigenvalue weighted by molar-refractivity contribution is 7.73. The molecule has 0 aromatic rings. The molecule has 5 aliphatic rings. The van der Waals surface area contributed by atoms with Crippen molar-refractivity contribution in [1.29, 1.82) is 0 Å². The Morgan fingerprint density at radius 2 is 1.79 bits per heavy atom. The molecule has 1 amide bonds. The van der Waals surface area contributed by atoms with Gasteiger partial charge in [0.15, 0.2) is 11.0 Å². The summed E-state index contributed by atoms with van der Waals surface area (Å²) < 4.78 is 44.8. The minimum Gasteiger partial charge on any atom is -0.491 e. The molecule has 4 fully saturated rings. The molecule has 4 saturated carbocycles. The van der Waals surface area contributed by atoms with Crippen molar-refractivity contribution in [3.05, 3.63) is 23.0 Å². The van der Waals surface area contributed by atoms with Gasteiger partial charge in [-0.15, -0.1) is 0 Å². The number of nitrogens with one attached hydrogen (secondary N) is 1. The average Bonchev–Trinajstić information content (AvgIpc) is 2.64. The monoisotopic (exact) mass is 409 g/mol. The molecule has 0 spiro atoms. The molecule has 0 aromatic heterocycles. The van der Waals surface area contributed by atoms with Crippen molar-refractivity contribution in [3.63, 3.8) is 0 Å². The first kappa shape index (κ1) is 19.7. The van der Waals surface area contributed by atoms with Gasteiger partial charge in [-0.1, -0.05) is 6.92 Å². The molecule has 5 aliphatic carbocycles. The summed E-state index contributed by atoms with van der Waals surface area (Å²) in [6, 6.07) is 0. The molecule has 5 nitrogen and oxygen atoms in total. The molecule has 0 radical (unpaired) electrons. The molecule has 4 bridgehead atoms. The first-order valence-corrected chi connectivity index (χ1v) is 11.3. The van der Waals surface area contributed by atoms with Crippen LogP contribution in [0.3, 0.4) is 0 Å². The Kier molecular flexibility index (Phi) is 5.14. The standard InChI is InChI=1S/C21H28FNO4S/c1-3-15-7-16(20(24)23-2)17(22)19(28(25)26)18(15)27-11-21-8-12-4-13(9-21)6-14(5-12)10-21/h7,12-14,17H,3-6,8-11H2,1-2H3,(H,23,24). The molecule has 1 unspecified atom stereocenters. The topological polar surface area (TPSA) is 72.5 Å². The van der Waals surface area contributed by atoms with Crippen LogP contribution in [0.5, 0.6) is 0 Å². The van der Waals surface area contributed by atoms with E-state index >= 15 is 0 Å². The number of allylic oxidation sites excluding steroid dienone is 3. The molecule has 28 heavy (non-hydrogen) atoms. The summed E-state index contributed by atoms with van der Waals surface area (Å²) in [5, 5.41) is 2.38. The van der Waals surface area contributed by atoms with Crippen LogP contribution in [-0.2, 0) is 19.8 Å². The van der Waals surface area contributed by atoms with Gasteiger partial charge in [0.2, 0.25) is 16.2 Å². The van der Waals surface area contributed by atoms with Crippen LogP contribution in [0.4, 0.5) is 4.39 Å². The van der Waals surface area contributed by atoms with Gasteiger partial charge < -0.3 is 10.1 Å². The molecule has 1 atom stereocenters. The number of carbonyl (C=O) groups is 1. The second kappa shape index (κ2) is 7.32. The summed E-state index contributed by atoms with van der Waals surface area (Å²) in [5.74, 6) is 1.78. The Morgan fingerprint density at radius 3 is 2.25 bits per heavy atom. The molecule has 0 aromatic carbocycles. The summed E-state index contributed by atoms with van der Waals surface area (Å²) in [6.45, 7) is 2.29. The average molecular weight is 410 g/mol. The predicted octanol–water partition coefficient (Wildman–Crippen LogP) is 2.96. The fourth-order valence-corrected chi connectivity index (χ4v) is 6.98. The molecule has 7 heteroatoms. The Bertz CT molecular complexity index is 843. The second-order valence-electron chi connectivity index (χ2n) is 9.05. The van der Waals surface area contributed by atoms with Crippen molar-refractivity contribution < 1.29 is 22.3 Å². The van der Waals surface area contributed by atoms with Crippen LogP contribution in [0, 0.1) is 23.2 Å². The number of alkyl halides is 1. The van der Waals surface area contributed by atoms with E-state index in [9.17, 15) is 17.6 Å². The highest BCUT2D eigenvalue weighted by atomic mass is 32.2. The van der Waals surface area contributed by atoms with Crippen molar-refractivity contribution in [2.24, 2.45) is 23.2 Å². The van der Waals surface area contributed by atoms with Gasteiger partial charge in [-0.05, 0) is 74.3 Å². The Morgan fingerprint density at radius 1 is 1.21 bits per heavy atom. The lowest BCUT2D eigenvalue weighted by Crippen LogP contribution is -2.48. The van der Waals surface area contributed by atoms with Crippen LogP contribution >= 0.6 is 0 Å². The SMILES string of the molecule is CCC1=C(OCC23CC4CC(CC(C4)C2)C3)C(=S(=O)=O)C(F)C(C(=O)NC)=C1. The Hall–Kier alpha value is -1.63. The minimum atomic E-state index is -2.80. The molecule has 1 N–H and O–H groups in total. The van der Waals surface area contributed by atoms with Crippen LogP contribution in [0.1, 0.15) is 51.9 Å². The number of hydrogen-bond donors (Lipinski definition) is 1. The second-order valence-corrected chi connectivity index (χ2v) is 9.96. The zero-order valence-corrected chi connectivity index (χ0v) is 17.3. The van der Waals surface area contributed by atoms with Gasteiger partial charge in [0.1, 0.15) is 5.76 Å². The number of rotatable bonds is 5. The van der Waals surface area contributed by atoms with Crippen molar-refractivity contribution in [3.8, 4) is 0 Å². The van der Waals surface area contributed by atoms with Gasteiger partial charge in [0.25, 0.3) is 0 Å². The summed E-state index contributed by atoms with van der Waals surface area (Å²) in [4.78, 5) is 11.6. The van der Waals surface area contributed by atoms with Gasteiger partial charge in [0, 0.05) is 12.5 Å². The van der Waals surface area contributed by atoms with Crippen molar-refractivity contribution in [1.82, 2.24) is 5.32 Å². The van der Waals surface area contributed by atoms with Crippen LogP contribution in [0.2, 0.25) is 0 Å². The van der Waals surface area contributed by atoms with Crippen molar-refractivity contribution in [2.75, 3.05) is 13.7 Å². The van der Waals surface area contributed by atoms with Crippen molar-refractivity contribution in [2.45, 2.75) is 58.0 Å². The lowest BCUT2D eigenvalue weighted by molar-refractivity contribution is -0.117. The van der Waals surface area contributed by atoms with Gasteiger partial charge >= 0.3 is 0 Å². The van der Waals surface area contributed by atoms with E-state index in [1.165, 1.54) is 32.4 Å². The first-order valence-electron chi connectivity index (χ1n) is 10.3. The van der Waals surface area contributed by atoms with E-state index in [4.69, 9.17) is 4.74 Å². The molecule has 0 heterocycles. The number of hydrogen-bond acceptors (Lipinski definition) is 4. The quantitative estimate of drug-likeness (QED) is 0.709. The van der Waals surface area contributed by atoms with E-state index in [0.717, 1.165) is 37.0 Å². The smallest absolute Gasteiger partial charge is 0.250 e. The fraction of sp³-hybridized carbons (Fsp3) is 0.714. The zero-order valence-electron chi connectivity index (χ0n) is 16.5. The molecule has 154 valence electrons. The minimum absolute atomic E-state index is 0.0900. The van der Waals surface area contributed by atoms with E-state index in [-0.39, 0.29) is 16.7 Å². The largest absolute Gasteiger partial charge is 0.491 e. The maximum Gasteiger partial charge on any atom is 0.250 e. The molecular weight excluding hydrogens is 381 g/mol. The number of ether oxygens (including phenoxy) is 1. The third-order valence-electron chi connectivity index (χ3n) is 7.09. The van der Waals surface area contributed by atoms with Crippen LogP contribution < -0.4 is 5.32 Å².